The Bertz CT molecular complexity index is 173. The molecule has 1 unspecified atom stereocenters. The molecular formula is C10H18O2. The first kappa shape index (κ1) is 11.3. The molecule has 12 heavy (non-hydrogen) atoms. The SMILES string of the molecule is CCC(C)(C=O)C(=O)CC(C)C. The molecule has 0 rings (SSSR count). The fraction of sp³-hybridized carbons (Fsp3) is 0.800. The van der Waals surface area contributed by atoms with Gasteiger partial charge in [-0.25, -0.2) is 0 Å². The lowest BCUT2D eigenvalue weighted by Crippen LogP contribution is -2.29. The minimum absolute atomic E-state index is 0.0648. The molecule has 0 aromatic rings. The predicted molar refractivity (Wildman–Crippen MR) is 48.9 cm³/mol. The summed E-state index contributed by atoms with van der Waals surface area (Å²) in [5.74, 6) is 0.401. The summed E-state index contributed by atoms with van der Waals surface area (Å²) in [5, 5.41) is 0. The highest BCUT2D eigenvalue weighted by molar-refractivity contribution is 5.97. The largest absolute Gasteiger partial charge is 0.302 e. The van der Waals surface area contributed by atoms with Gasteiger partial charge in [0.05, 0.1) is 5.41 Å². The number of ketones is 1. The van der Waals surface area contributed by atoms with Crippen molar-refractivity contribution in [3.8, 4) is 0 Å². The lowest BCUT2D eigenvalue weighted by molar-refractivity contribution is -0.134. The number of rotatable bonds is 5. The van der Waals surface area contributed by atoms with Crippen molar-refractivity contribution in [3.05, 3.63) is 0 Å². The Morgan fingerprint density at radius 3 is 2.25 bits per heavy atom. The van der Waals surface area contributed by atoms with Crippen molar-refractivity contribution in [2.45, 2.75) is 40.5 Å². The Kier molecular flexibility index (Phi) is 4.15. The van der Waals surface area contributed by atoms with E-state index >= 15 is 0 Å². The molecule has 70 valence electrons. The second-order valence-electron chi connectivity index (χ2n) is 3.91. The van der Waals surface area contributed by atoms with Crippen LogP contribution >= 0.6 is 0 Å². The van der Waals surface area contributed by atoms with E-state index in [0.29, 0.717) is 18.8 Å². The maximum atomic E-state index is 11.5. The summed E-state index contributed by atoms with van der Waals surface area (Å²) in [7, 11) is 0. The zero-order valence-electron chi connectivity index (χ0n) is 8.39. The first-order chi connectivity index (χ1) is 5.46. The number of carbonyl (C=O) groups is 2. The Morgan fingerprint density at radius 2 is 2.00 bits per heavy atom. The lowest BCUT2D eigenvalue weighted by atomic mass is 9.81. The van der Waals surface area contributed by atoms with Crippen molar-refractivity contribution in [2.24, 2.45) is 11.3 Å². The normalized spacial score (nSPS) is 15.8. The topological polar surface area (TPSA) is 34.1 Å². The molecule has 0 amide bonds. The van der Waals surface area contributed by atoms with Crippen LogP contribution in [0.5, 0.6) is 0 Å². The van der Waals surface area contributed by atoms with Crippen molar-refractivity contribution >= 4 is 12.1 Å². The number of Topliss-reactive ketones (excluding diaryl/α,β-unsaturated/α-hetero) is 1. The molecule has 2 heteroatoms. The fourth-order valence-electron chi connectivity index (χ4n) is 0.950. The minimum Gasteiger partial charge on any atom is -0.302 e. The zero-order valence-corrected chi connectivity index (χ0v) is 8.39. The van der Waals surface area contributed by atoms with E-state index in [1.165, 1.54) is 0 Å². The van der Waals surface area contributed by atoms with Crippen molar-refractivity contribution in [1.82, 2.24) is 0 Å². The van der Waals surface area contributed by atoms with Crippen molar-refractivity contribution < 1.29 is 9.59 Å². The van der Waals surface area contributed by atoms with Gasteiger partial charge in [0.25, 0.3) is 0 Å². The second kappa shape index (κ2) is 4.39. The molecule has 0 aromatic carbocycles. The van der Waals surface area contributed by atoms with Crippen LogP contribution in [0, 0.1) is 11.3 Å². The Balaban J connectivity index is 4.32. The molecule has 0 bridgehead atoms. The predicted octanol–water partition coefficient (Wildman–Crippen LogP) is 2.22. The summed E-state index contributed by atoms with van der Waals surface area (Å²) in [5.41, 5.74) is -0.746. The number of hydrogen-bond acceptors (Lipinski definition) is 2. The highest BCUT2D eigenvalue weighted by Gasteiger charge is 2.30. The molecule has 0 fully saturated rings. The summed E-state index contributed by atoms with van der Waals surface area (Å²) < 4.78 is 0. The molecule has 0 N–H and O–H groups in total. The summed E-state index contributed by atoms with van der Waals surface area (Å²) in [6.07, 6.45) is 1.88. The Hall–Kier alpha value is -0.660. The maximum Gasteiger partial charge on any atom is 0.146 e. The van der Waals surface area contributed by atoms with Crippen LogP contribution in [-0.2, 0) is 9.59 Å². The summed E-state index contributed by atoms with van der Waals surface area (Å²) in [4.78, 5) is 22.2. The maximum absolute atomic E-state index is 11.5. The highest BCUT2D eigenvalue weighted by atomic mass is 16.1. The van der Waals surface area contributed by atoms with Gasteiger partial charge in [0.2, 0.25) is 0 Å². The molecular weight excluding hydrogens is 152 g/mol. The molecule has 0 aliphatic heterocycles. The standard InChI is InChI=1S/C10H18O2/c1-5-10(4,7-11)9(12)6-8(2)3/h7-8H,5-6H2,1-4H3. The van der Waals surface area contributed by atoms with Crippen molar-refractivity contribution in [3.63, 3.8) is 0 Å². The molecule has 0 saturated carbocycles. The molecule has 0 saturated heterocycles. The van der Waals surface area contributed by atoms with Gasteiger partial charge in [0.15, 0.2) is 0 Å². The number of carbonyl (C=O) groups excluding carboxylic acids is 2. The van der Waals surface area contributed by atoms with E-state index in [1.54, 1.807) is 6.92 Å². The van der Waals surface area contributed by atoms with E-state index in [4.69, 9.17) is 0 Å². The molecule has 1 atom stereocenters. The van der Waals surface area contributed by atoms with Gasteiger partial charge in [0.1, 0.15) is 12.1 Å². The van der Waals surface area contributed by atoms with Crippen molar-refractivity contribution in [1.29, 1.82) is 0 Å². The average molecular weight is 170 g/mol. The molecule has 0 aromatic heterocycles. The third-order valence-electron chi connectivity index (χ3n) is 2.23. The van der Waals surface area contributed by atoms with Crippen LogP contribution < -0.4 is 0 Å². The van der Waals surface area contributed by atoms with E-state index in [9.17, 15) is 9.59 Å². The summed E-state index contributed by atoms with van der Waals surface area (Å²) >= 11 is 0. The third kappa shape index (κ3) is 2.76. The molecule has 0 spiro atoms. The van der Waals surface area contributed by atoms with Crippen LogP contribution in [0.1, 0.15) is 40.5 Å². The van der Waals surface area contributed by atoms with E-state index in [2.05, 4.69) is 0 Å². The number of aldehydes is 1. The van der Waals surface area contributed by atoms with Crippen LogP contribution in [0.3, 0.4) is 0 Å². The average Bonchev–Trinajstić information content (AvgIpc) is 2.02. The zero-order chi connectivity index (χ0) is 9.78. The molecule has 0 heterocycles. The first-order valence-electron chi connectivity index (χ1n) is 4.46. The van der Waals surface area contributed by atoms with Crippen LogP contribution in [-0.4, -0.2) is 12.1 Å². The Labute approximate surface area is 74.3 Å². The third-order valence-corrected chi connectivity index (χ3v) is 2.23. The van der Waals surface area contributed by atoms with Gasteiger partial charge in [-0.3, -0.25) is 4.79 Å². The number of hydrogen-bond donors (Lipinski definition) is 0. The van der Waals surface area contributed by atoms with Gasteiger partial charge in [-0.05, 0) is 19.3 Å². The highest BCUT2D eigenvalue weighted by Crippen LogP contribution is 2.22. The molecule has 0 aliphatic carbocycles. The van der Waals surface area contributed by atoms with Crippen LogP contribution in [0.15, 0.2) is 0 Å². The van der Waals surface area contributed by atoms with E-state index in [0.717, 1.165) is 6.29 Å². The van der Waals surface area contributed by atoms with Gasteiger partial charge in [0, 0.05) is 6.42 Å². The second-order valence-corrected chi connectivity index (χ2v) is 3.91. The smallest absolute Gasteiger partial charge is 0.146 e. The van der Waals surface area contributed by atoms with E-state index in [1.807, 2.05) is 20.8 Å². The van der Waals surface area contributed by atoms with Gasteiger partial charge in [-0.15, -0.1) is 0 Å². The summed E-state index contributed by atoms with van der Waals surface area (Å²) in [6, 6.07) is 0. The van der Waals surface area contributed by atoms with E-state index in [-0.39, 0.29) is 5.78 Å². The van der Waals surface area contributed by atoms with Gasteiger partial charge < -0.3 is 4.79 Å². The van der Waals surface area contributed by atoms with Crippen molar-refractivity contribution in [2.75, 3.05) is 0 Å². The van der Waals surface area contributed by atoms with Crippen LogP contribution in [0.2, 0.25) is 0 Å². The van der Waals surface area contributed by atoms with E-state index < -0.39 is 5.41 Å². The quantitative estimate of drug-likeness (QED) is 0.468. The van der Waals surface area contributed by atoms with Crippen LogP contribution in [0.4, 0.5) is 0 Å². The molecule has 0 aliphatic rings. The van der Waals surface area contributed by atoms with Gasteiger partial charge in [-0.2, -0.15) is 0 Å². The van der Waals surface area contributed by atoms with Crippen LogP contribution in [0.25, 0.3) is 0 Å². The molecule has 0 radical (unpaired) electrons. The monoisotopic (exact) mass is 170 g/mol. The van der Waals surface area contributed by atoms with Gasteiger partial charge in [-0.1, -0.05) is 20.8 Å². The first-order valence-corrected chi connectivity index (χ1v) is 4.46. The lowest BCUT2D eigenvalue weighted by Gasteiger charge is -2.20. The van der Waals surface area contributed by atoms with Gasteiger partial charge >= 0.3 is 0 Å². The molecule has 2 nitrogen and oxygen atoms in total. The fourth-order valence-corrected chi connectivity index (χ4v) is 0.950. The summed E-state index contributed by atoms with van der Waals surface area (Å²) in [6.45, 7) is 7.55. The minimum atomic E-state index is -0.746. The Morgan fingerprint density at radius 1 is 1.50 bits per heavy atom.